The van der Waals surface area contributed by atoms with E-state index in [1.54, 1.807) is 18.3 Å². The van der Waals surface area contributed by atoms with Crippen molar-refractivity contribution >= 4 is 21.9 Å². The van der Waals surface area contributed by atoms with Crippen molar-refractivity contribution < 1.29 is 18.3 Å². The van der Waals surface area contributed by atoms with Crippen molar-refractivity contribution in [1.82, 2.24) is 9.29 Å². The largest absolute Gasteiger partial charge is 0.481 e. The van der Waals surface area contributed by atoms with Crippen LogP contribution in [0.15, 0.2) is 24.5 Å². The van der Waals surface area contributed by atoms with Gasteiger partial charge in [0.15, 0.2) is 0 Å². The molecule has 0 saturated carbocycles. The summed E-state index contributed by atoms with van der Waals surface area (Å²) in [5, 5.41) is 8.93. The summed E-state index contributed by atoms with van der Waals surface area (Å²) in [4.78, 5) is 14.8. The molecule has 1 aromatic heterocycles. The number of hydrogen-bond acceptors (Lipinski definition) is 4. The highest BCUT2D eigenvalue weighted by Gasteiger charge is 2.33. The summed E-state index contributed by atoms with van der Waals surface area (Å²) in [5.74, 6) is -1.31. The molecule has 2 rings (SSSR count). The number of anilines is 1. The molecule has 7 nitrogen and oxygen atoms in total. The average molecular weight is 299 g/mol. The van der Waals surface area contributed by atoms with Crippen LogP contribution in [0.1, 0.15) is 12.8 Å². The van der Waals surface area contributed by atoms with Crippen molar-refractivity contribution in [2.24, 2.45) is 5.92 Å². The monoisotopic (exact) mass is 299 g/mol. The predicted octanol–water partition coefficient (Wildman–Crippen LogP) is 0.559. The van der Waals surface area contributed by atoms with Crippen LogP contribution in [0.4, 0.5) is 5.69 Å². The zero-order valence-corrected chi connectivity index (χ0v) is 12.0. The molecule has 0 aromatic carbocycles. The Labute approximate surface area is 118 Å². The Morgan fingerprint density at radius 1 is 1.45 bits per heavy atom. The number of hydrogen-bond donors (Lipinski definition) is 1. The van der Waals surface area contributed by atoms with Crippen molar-refractivity contribution in [2.75, 3.05) is 24.4 Å². The number of nitrogens with zero attached hydrogens (tertiary/aromatic N) is 3. The van der Waals surface area contributed by atoms with Gasteiger partial charge in [-0.3, -0.25) is 14.1 Å². The van der Waals surface area contributed by atoms with Crippen LogP contribution in [-0.2, 0) is 15.0 Å². The van der Waals surface area contributed by atoms with Crippen LogP contribution in [0.3, 0.4) is 0 Å². The third-order valence-electron chi connectivity index (χ3n) is 3.49. The molecule has 1 aromatic rings. The smallest absolute Gasteiger partial charge is 0.306 e. The minimum atomic E-state index is -3.63. The SMILES string of the molecule is CN(c1cccnc1)S(=O)(=O)N1CCC(C(=O)O)CC1. The first-order valence-electron chi connectivity index (χ1n) is 6.30. The lowest BCUT2D eigenvalue weighted by molar-refractivity contribution is -0.142. The summed E-state index contributed by atoms with van der Waals surface area (Å²) < 4.78 is 27.4. The fraction of sp³-hybridized carbons (Fsp3) is 0.500. The summed E-state index contributed by atoms with van der Waals surface area (Å²) in [6.45, 7) is 0.452. The van der Waals surface area contributed by atoms with E-state index in [-0.39, 0.29) is 13.1 Å². The molecule has 2 heterocycles. The molecule has 1 saturated heterocycles. The number of carbonyl (C=O) groups is 1. The first kappa shape index (κ1) is 14.7. The van der Waals surface area contributed by atoms with Gasteiger partial charge in [-0.2, -0.15) is 12.7 Å². The van der Waals surface area contributed by atoms with E-state index in [9.17, 15) is 13.2 Å². The van der Waals surface area contributed by atoms with Crippen LogP contribution in [0.5, 0.6) is 0 Å². The molecule has 1 N–H and O–H groups in total. The second-order valence-electron chi connectivity index (χ2n) is 4.70. The van der Waals surface area contributed by atoms with Crippen LogP contribution in [0.25, 0.3) is 0 Å². The van der Waals surface area contributed by atoms with Crippen molar-refractivity contribution in [3.05, 3.63) is 24.5 Å². The van der Waals surface area contributed by atoms with Gasteiger partial charge in [0.1, 0.15) is 0 Å². The summed E-state index contributed by atoms with van der Waals surface area (Å²) >= 11 is 0. The maximum Gasteiger partial charge on any atom is 0.306 e. The molecule has 110 valence electrons. The number of piperidine rings is 1. The molecule has 0 atom stereocenters. The van der Waals surface area contributed by atoms with E-state index < -0.39 is 22.1 Å². The quantitative estimate of drug-likeness (QED) is 0.877. The van der Waals surface area contributed by atoms with Gasteiger partial charge >= 0.3 is 16.2 Å². The molecule has 20 heavy (non-hydrogen) atoms. The van der Waals surface area contributed by atoms with Crippen molar-refractivity contribution in [2.45, 2.75) is 12.8 Å². The predicted molar refractivity (Wildman–Crippen MR) is 73.5 cm³/mol. The second kappa shape index (κ2) is 5.76. The highest BCUT2D eigenvalue weighted by atomic mass is 32.2. The molecule has 0 radical (unpaired) electrons. The topological polar surface area (TPSA) is 90.8 Å². The van der Waals surface area contributed by atoms with Crippen LogP contribution < -0.4 is 4.31 Å². The minimum Gasteiger partial charge on any atom is -0.481 e. The lowest BCUT2D eigenvalue weighted by atomic mass is 9.99. The average Bonchev–Trinajstić information content (AvgIpc) is 2.47. The first-order chi connectivity index (χ1) is 9.43. The zero-order valence-electron chi connectivity index (χ0n) is 11.1. The molecule has 0 bridgehead atoms. The molecule has 1 aliphatic heterocycles. The van der Waals surface area contributed by atoms with E-state index in [0.717, 1.165) is 0 Å². The number of pyridine rings is 1. The van der Waals surface area contributed by atoms with Crippen LogP contribution in [0, 0.1) is 5.92 Å². The van der Waals surface area contributed by atoms with Gasteiger partial charge in [-0.1, -0.05) is 0 Å². The molecule has 8 heteroatoms. The third kappa shape index (κ3) is 2.91. The number of aromatic nitrogens is 1. The van der Waals surface area contributed by atoms with E-state index in [4.69, 9.17) is 5.11 Å². The van der Waals surface area contributed by atoms with Gasteiger partial charge in [0.2, 0.25) is 0 Å². The van der Waals surface area contributed by atoms with Crippen molar-refractivity contribution in [3.8, 4) is 0 Å². The zero-order chi connectivity index (χ0) is 14.8. The highest BCUT2D eigenvalue weighted by Crippen LogP contribution is 2.23. The number of aliphatic carboxylic acids is 1. The number of carboxylic acids is 1. The molecule has 0 spiro atoms. The van der Waals surface area contributed by atoms with Crippen molar-refractivity contribution in [3.63, 3.8) is 0 Å². The second-order valence-corrected chi connectivity index (χ2v) is 6.66. The first-order valence-corrected chi connectivity index (χ1v) is 7.69. The van der Waals surface area contributed by atoms with E-state index in [2.05, 4.69) is 4.98 Å². The van der Waals surface area contributed by atoms with Crippen LogP contribution >= 0.6 is 0 Å². The lowest BCUT2D eigenvalue weighted by Gasteiger charge is -2.32. The fourth-order valence-electron chi connectivity index (χ4n) is 2.18. The van der Waals surface area contributed by atoms with Gasteiger partial charge in [0.05, 0.1) is 17.8 Å². The van der Waals surface area contributed by atoms with Crippen LogP contribution in [-0.4, -0.2) is 48.9 Å². The minimum absolute atomic E-state index is 0.226. The van der Waals surface area contributed by atoms with E-state index in [0.29, 0.717) is 18.5 Å². The molecule has 1 aliphatic rings. The third-order valence-corrected chi connectivity index (χ3v) is 5.41. The van der Waals surface area contributed by atoms with Crippen LogP contribution in [0.2, 0.25) is 0 Å². The fourth-order valence-corrected chi connectivity index (χ4v) is 3.57. The van der Waals surface area contributed by atoms with Gasteiger partial charge in [0, 0.05) is 26.3 Å². The summed E-state index contributed by atoms with van der Waals surface area (Å²) in [6.07, 6.45) is 3.73. The molecular weight excluding hydrogens is 282 g/mol. The van der Waals surface area contributed by atoms with E-state index in [1.807, 2.05) is 0 Å². The molecule has 0 aliphatic carbocycles. The van der Waals surface area contributed by atoms with E-state index in [1.165, 1.54) is 21.9 Å². The normalized spacial score (nSPS) is 17.9. The molecular formula is C12H17N3O4S. The van der Waals surface area contributed by atoms with E-state index >= 15 is 0 Å². The standard InChI is InChI=1S/C12H17N3O4S/c1-14(11-3-2-6-13-9-11)20(18,19)15-7-4-10(5-8-15)12(16)17/h2-3,6,9-10H,4-5,7-8H2,1H3,(H,16,17). The van der Waals surface area contributed by atoms with Gasteiger partial charge in [-0.15, -0.1) is 0 Å². The summed E-state index contributed by atoms with van der Waals surface area (Å²) in [5.41, 5.74) is 0.479. The Kier molecular flexibility index (Phi) is 4.24. The maximum atomic E-state index is 12.4. The Bertz CT molecular complexity index is 568. The lowest BCUT2D eigenvalue weighted by Crippen LogP contribution is -2.46. The molecule has 0 unspecified atom stereocenters. The Morgan fingerprint density at radius 3 is 2.60 bits per heavy atom. The highest BCUT2D eigenvalue weighted by molar-refractivity contribution is 7.90. The van der Waals surface area contributed by atoms with Gasteiger partial charge < -0.3 is 5.11 Å². The van der Waals surface area contributed by atoms with Gasteiger partial charge in [0.25, 0.3) is 0 Å². The maximum absolute atomic E-state index is 12.4. The van der Waals surface area contributed by atoms with Gasteiger partial charge in [-0.25, -0.2) is 0 Å². The Morgan fingerprint density at radius 2 is 2.10 bits per heavy atom. The molecule has 1 fully saturated rings. The van der Waals surface area contributed by atoms with Gasteiger partial charge in [-0.05, 0) is 25.0 Å². The number of rotatable bonds is 4. The summed E-state index contributed by atoms with van der Waals surface area (Å²) in [7, 11) is -2.16. The molecule has 0 amide bonds. The Balaban J connectivity index is 2.10. The number of carboxylic acid groups (broad SMARTS) is 1. The Hall–Kier alpha value is -1.67. The van der Waals surface area contributed by atoms with Crippen molar-refractivity contribution in [1.29, 1.82) is 0 Å². The summed E-state index contributed by atoms with van der Waals surface area (Å²) in [6, 6.07) is 3.33.